The molecule has 25 heavy (non-hydrogen) atoms. The fourth-order valence-corrected chi connectivity index (χ4v) is 3.46. The number of halogens is 1. The summed E-state index contributed by atoms with van der Waals surface area (Å²) in [6, 6.07) is 6.45. The van der Waals surface area contributed by atoms with E-state index in [0.717, 1.165) is 12.8 Å². The van der Waals surface area contributed by atoms with Crippen LogP contribution in [0.5, 0.6) is 0 Å². The molecule has 2 amide bonds. The molecule has 0 spiro atoms. The van der Waals surface area contributed by atoms with Crippen LogP contribution in [0.15, 0.2) is 24.3 Å². The Morgan fingerprint density at radius 2 is 2.08 bits per heavy atom. The van der Waals surface area contributed by atoms with Gasteiger partial charge in [0.15, 0.2) is 0 Å². The van der Waals surface area contributed by atoms with Gasteiger partial charge in [-0.15, -0.1) is 0 Å². The first-order valence-electron chi connectivity index (χ1n) is 8.86. The smallest absolute Gasteiger partial charge is 0.225 e. The van der Waals surface area contributed by atoms with Crippen LogP contribution in [-0.4, -0.2) is 59.0 Å². The van der Waals surface area contributed by atoms with Crippen molar-refractivity contribution in [2.75, 3.05) is 26.7 Å². The Morgan fingerprint density at radius 1 is 1.36 bits per heavy atom. The fraction of sp³-hybridized carbons (Fsp3) is 0.579. The molecule has 1 aromatic carbocycles. The van der Waals surface area contributed by atoms with Crippen molar-refractivity contribution in [1.29, 1.82) is 0 Å². The summed E-state index contributed by atoms with van der Waals surface area (Å²) < 4.78 is 13.6. The van der Waals surface area contributed by atoms with E-state index in [9.17, 15) is 19.1 Å². The lowest BCUT2D eigenvalue weighted by Crippen LogP contribution is -2.46. The van der Waals surface area contributed by atoms with Gasteiger partial charge in [-0.25, -0.2) is 4.39 Å². The Hall–Kier alpha value is -1.95. The molecule has 1 aliphatic carbocycles. The number of carbonyl (C=O) groups is 2. The predicted octanol–water partition coefficient (Wildman–Crippen LogP) is 1.59. The SMILES string of the molecule is CN(CC1(O)CCN(C(=O)CCc2ccccc2F)C1)C(=O)C1CC1. The second-order valence-corrected chi connectivity index (χ2v) is 7.35. The number of carbonyl (C=O) groups excluding carboxylic acids is 2. The van der Waals surface area contributed by atoms with E-state index >= 15 is 0 Å². The Morgan fingerprint density at radius 3 is 2.76 bits per heavy atom. The van der Waals surface area contributed by atoms with Crippen molar-refractivity contribution >= 4 is 11.8 Å². The van der Waals surface area contributed by atoms with Gasteiger partial charge in [0.2, 0.25) is 11.8 Å². The van der Waals surface area contributed by atoms with Gasteiger partial charge in [-0.05, 0) is 37.3 Å². The van der Waals surface area contributed by atoms with Gasteiger partial charge >= 0.3 is 0 Å². The number of hydrogen-bond donors (Lipinski definition) is 1. The molecule has 3 rings (SSSR count). The Labute approximate surface area is 147 Å². The highest BCUT2D eigenvalue weighted by atomic mass is 19.1. The Kier molecular flexibility index (Phi) is 5.08. The Bertz CT molecular complexity index is 662. The molecule has 1 N–H and O–H groups in total. The summed E-state index contributed by atoms with van der Waals surface area (Å²) in [5, 5.41) is 10.7. The standard InChI is InChI=1S/C19H25FN2O3/c1-21(18(24)15-6-7-15)12-19(25)10-11-22(13-19)17(23)9-8-14-4-2-3-5-16(14)20/h2-5,15,25H,6-13H2,1H3. The van der Waals surface area contributed by atoms with Crippen LogP contribution in [0, 0.1) is 11.7 Å². The largest absolute Gasteiger partial charge is 0.386 e. The van der Waals surface area contributed by atoms with Gasteiger partial charge in [-0.3, -0.25) is 9.59 Å². The lowest BCUT2D eigenvalue weighted by atomic mass is 10.0. The molecule has 1 aliphatic heterocycles. The summed E-state index contributed by atoms with van der Waals surface area (Å²) in [4.78, 5) is 27.6. The van der Waals surface area contributed by atoms with Crippen LogP contribution in [0.4, 0.5) is 4.39 Å². The number of likely N-dealkylation sites (N-methyl/N-ethyl adjacent to an activating group) is 1. The van der Waals surface area contributed by atoms with Crippen molar-refractivity contribution in [3.05, 3.63) is 35.6 Å². The van der Waals surface area contributed by atoms with E-state index in [4.69, 9.17) is 0 Å². The van der Waals surface area contributed by atoms with E-state index in [-0.39, 0.29) is 43.1 Å². The monoisotopic (exact) mass is 348 g/mol. The molecule has 0 bridgehead atoms. The van der Waals surface area contributed by atoms with Crippen molar-refractivity contribution < 1.29 is 19.1 Å². The average molecular weight is 348 g/mol. The predicted molar refractivity (Wildman–Crippen MR) is 91.2 cm³/mol. The molecule has 1 heterocycles. The maximum absolute atomic E-state index is 13.6. The maximum atomic E-state index is 13.6. The molecule has 1 unspecified atom stereocenters. The van der Waals surface area contributed by atoms with Crippen molar-refractivity contribution in [2.45, 2.75) is 37.7 Å². The van der Waals surface area contributed by atoms with Gasteiger partial charge in [0, 0.05) is 25.9 Å². The summed E-state index contributed by atoms with van der Waals surface area (Å²) >= 11 is 0. The fourth-order valence-electron chi connectivity index (χ4n) is 3.46. The summed E-state index contributed by atoms with van der Waals surface area (Å²) in [6.45, 7) is 0.947. The minimum Gasteiger partial charge on any atom is -0.386 e. The highest BCUT2D eigenvalue weighted by Gasteiger charge is 2.41. The van der Waals surface area contributed by atoms with E-state index in [2.05, 4.69) is 0 Å². The first-order chi connectivity index (χ1) is 11.9. The summed E-state index contributed by atoms with van der Waals surface area (Å²) in [5.41, 5.74) is -0.521. The van der Waals surface area contributed by atoms with Crippen LogP contribution in [0.1, 0.15) is 31.2 Å². The molecular formula is C19H25FN2O3. The van der Waals surface area contributed by atoms with Gasteiger partial charge in [-0.2, -0.15) is 0 Å². The molecule has 2 fully saturated rings. The summed E-state index contributed by atoms with van der Waals surface area (Å²) in [6.07, 6.45) is 2.89. The molecule has 1 atom stereocenters. The number of aryl methyl sites for hydroxylation is 1. The molecule has 136 valence electrons. The molecule has 0 aromatic heterocycles. The number of likely N-dealkylation sites (tertiary alicyclic amines) is 1. The lowest BCUT2D eigenvalue weighted by Gasteiger charge is -2.29. The van der Waals surface area contributed by atoms with Crippen LogP contribution in [0.25, 0.3) is 0 Å². The van der Waals surface area contributed by atoms with E-state index < -0.39 is 5.60 Å². The zero-order valence-electron chi connectivity index (χ0n) is 14.6. The second kappa shape index (κ2) is 7.12. The van der Waals surface area contributed by atoms with Crippen LogP contribution in [0.2, 0.25) is 0 Å². The normalized spacial score (nSPS) is 22.9. The lowest BCUT2D eigenvalue weighted by molar-refractivity contribution is -0.135. The molecular weight excluding hydrogens is 323 g/mol. The van der Waals surface area contributed by atoms with E-state index in [0.29, 0.717) is 24.9 Å². The molecule has 5 nitrogen and oxygen atoms in total. The number of aliphatic hydroxyl groups is 1. The third-order valence-electron chi connectivity index (χ3n) is 5.09. The van der Waals surface area contributed by atoms with Crippen LogP contribution in [0.3, 0.4) is 0 Å². The average Bonchev–Trinajstić information content (AvgIpc) is 3.36. The van der Waals surface area contributed by atoms with Crippen molar-refractivity contribution in [2.24, 2.45) is 5.92 Å². The van der Waals surface area contributed by atoms with E-state index in [1.807, 2.05) is 0 Å². The van der Waals surface area contributed by atoms with Gasteiger partial charge in [0.1, 0.15) is 11.4 Å². The van der Waals surface area contributed by atoms with Crippen molar-refractivity contribution in [3.63, 3.8) is 0 Å². The van der Waals surface area contributed by atoms with Crippen LogP contribution < -0.4 is 0 Å². The number of hydrogen-bond acceptors (Lipinski definition) is 3. The minimum atomic E-state index is -1.05. The molecule has 1 aromatic rings. The van der Waals surface area contributed by atoms with Gasteiger partial charge in [0.05, 0.1) is 13.1 Å². The maximum Gasteiger partial charge on any atom is 0.225 e. The second-order valence-electron chi connectivity index (χ2n) is 7.35. The third kappa shape index (κ3) is 4.37. The van der Waals surface area contributed by atoms with Crippen molar-refractivity contribution in [1.82, 2.24) is 9.80 Å². The number of nitrogens with zero attached hydrogens (tertiary/aromatic N) is 2. The van der Waals surface area contributed by atoms with Crippen LogP contribution >= 0.6 is 0 Å². The molecule has 6 heteroatoms. The highest BCUT2D eigenvalue weighted by molar-refractivity contribution is 5.81. The molecule has 1 saturated carbocycles. The topological polar surface area (TPSA) is 60.9 Å². The zero-order chi connectivity index (χ0) is 18.0. The van der Waals surface area contributed by atoms with Gasteiger partial charge in [0.25, 0.3) is 0 Å². The van der Waals surface area contributed by atoms with Crippen molar-refractivity contribution in [3.8, 4) is 0 Å². The highest BCUT2D eigenvalue weighted by Crippen LogP contribution is 2.32. The van der Waals surface area contributed by atoms with Gasteiger partial charge < -0.3 is 14.9 Å². The first-order valence-corrected chi connectivity index (χ1v) is 8.86. The summed E-state index contributed by atoms with van der Waals surface area (Å²) in [5.74, 6) is -0.185. The minimum absolute atomic E-state index is 0.0813. The van der Waals surface area contributed by atoms with E-state index in [1.54, 1.807) is 35.0 Å². The van der Waals surface area contributed by atoms with Crippen LogP contribution in [-0.2, 0) is 16.0 Å². The summed E-state index contributed by atoms with van der Waals surface area (Å²) in [7, 11) is 1.71. The molecule has 2 aliphatic rings. The number of β-amino-alcohol motifs (C(OH)–C–C–N with tert-alkyl or cyclic N) is 1. The number of rotatable bonds is 6. The molecule has 1 saturated heterocycles. The first kappa shape index (κ1) is 17.9. The number of amides is 2. The van der Waals surface area contributed by atoms with Gasteiger partial charge in [-0.1, -0.05) is 18.2 Å². The number of benzene rings is 1. The quantitative estimate of drug-likeness (QED) is 0.849. The Balaban J connectivity index is 1.50. The molecule has 0 radical (unpaired) electrons. The van der Waals surface area contributed by atoms with E-state index in [1.165, 1.54) is 6.07 Å². The third-order valence-corrected chi connectivity index (χ3v) is 5.09. The zero-order valence-corrected chi connectivity index (χ0v) is 14.6.